The van der Waals surface area contributed by atoms with E-state index in [9.17, 15) is 0 Å². The maximum Gasteiger partial charge on any atom is 0.0920 e. The summed E-state index contributed by atoms with van der Waals surface area (Å²) in [6.07, 6.45) is 2.37. The van der Waals surface area contributed by atoms with Crippen LogP contribution in [-0.4, -0.2) is 9.52 Å². The van der Waals surface area contributed by atoms with E-state index in [1.54, 1.807) is 0 Å². The molecule has 1 aliphatic heterocycles. The number of rotatable bonds is 12. The normalized spacial score (nSPS) is 12.7. The standard InChI is InChI=1S/2C28H37.C12H7Si.2ClH.Zr/c2*1-9-20(8)24-12-21-10-11-26(19(6)7)28(27(21)16-24)25-14-22(17(2)3)13-23(15-25)18(4)5;1-3-7-11-9(5-1)10-6-2-4-8-12(10)13-11;;;/h2*10-20H,9H2,1-8H3;1-7H;2*1H;/q3*-1;;;+2/p-2. The maximum absolute atomic E-state index is 4.93. The molecule has 2 atom stereocenters. The molecule has 9 rings (SSSR count). The Kier molecular flexibility index (Phi) is 20.9. The summed E-state index contributed by atoms with van der Waals surface area (Å²) in [6, 6.07) is 51.9. The van der Waals surface area contributed by atoms with E-state index >= 15 is 0 Å². The van der Waals surface area contributed by atoms with Crippen molar-refractivity contribution in [3.05, 3.63) is 178 Å². The molecule has 378 valence electrons. The molecule has 0 amide bonds. The Bertz CT molecular complexity index is 2770. The van der Waals surface area contributed by atoms with Crippen LogP contribution in [-0.2, 0) is 20.8 Å². The van der Waals surface area contributed by atoms with E-state index in [2.05, 4.69) is 238 Å². The van der Waals surface area contributed by atoms with Crippen molar-refractivity contribution in [2.45, 2.75) is 171 Å². The topological polar surface area (TPSA) is 0 Å². The van der Waals surface area contributed by atoms with E-state index in [4.69, 9.17) is 17.0 Å². The molecular formula is C68H81Cl2SiZr-3. The molecule has 0 saturated heterocycles. The molecule has 0 saturated carbocycles. The predicted octanol–water partition coefficient (Wildman–Crippen LogP) is 20.7. The fraction of sp³-hybridized carbons (Fsp3) is 0.382. The van der Waals surface area contributed by atoms with Gasteiger partial charge in [-0.2, -0.15) is 41.6 Å². The van der Waals surface area contributed by atoms with E-state index in [-0.39, 0.29) is 0 Å². The van der Waals surface area contributed by atoms with Gasteiger partial charge in [-0.1, -0.05) is 217 Å². The van der Waals surface area contributed by atoms with Gasteiger partial charge in [-0.25, -0.2) is 0 Å². The quantitative estimate of drug-likeness (QED) is 0.0845. The maximum atomic E-state index is 4.93. The number of benzene rings is 6. The van der Waals surface area contributed by atoms with Gasteiger partial charge in [-0.15, -0.1) is 74.6 Å². The van der Waals surface area contributed by atoms with Crippen molar-refractivity contribution in [2.75, 3.05) is 0 Å². The van der Waals surface area contributed by atoms with Gasteiger partial charge in [0.15, 0.2) is 0 Å². The minimum absolute atomic E-state index is 0.506. The summed E-state index contributed by atoms with van der Waals surface area (Å²) in [6.45, 7) is 36.9. The van der Waals surface area contributed by atoms with Crippen molar-refractivity contribution in [3.63, 3.8) is 0 Å². The van der Waals surface area contributed by atoms with Crippen LogP contribution in [0.3, 0.4) is 0 Å². The van der Waals surface area contributed by atoms with Gasteiger partial charge >= 0.3 is 37.9 Å². The fourth-order valence-electron chi connectivity index (χ4n) is 9.99. The Hall–Kier alpha value is -3.78. The second kappa shape index (κ2) is 26.1. The summed E-state index contributed by atoms with van der Waals surface area (Å²) in [5, 5.41) is 8.45. The zero-order valence-corrected chi connectivity index (χ0v) is 51.4. The van der Waals surface area contributed by atoms with E-state index in [1.165, 1.54) is 123 Å². The van der Waals surface area contributed by atoms with Crippen molar-refractivity contribution in [1.29, 1.82) is 0 Å². The third kappa shape index (κ3) is 13.5. The number of hydrogen-bond acceptors (Lipinski definition) is 0. The molecule has 0 aromatic heterocycles. The molecule has 4 heteroatoms. The first kappa shape index (κ1) is 57.5. The molecule has 0 aliphatic carbocycles. The van der Waals surface area contributed by atoms with E-state index in [1.807, 2.05) is 6.07 Å². The molecule has 8 aromatic carbocycles. The van der Waals surface area contributed by atoms with Gasteiger partial charge < -0.3 is 0 Å². The van der Waals surface area contributed by atoms with Crippen molar-refractivity contribution in [3.8, 4) is 33.4 Å². The Labute approximate surface area is 458 Å². The smallest absolute Gasteiger partial charge is 0.0920 e. The Morgan fingerprint density at radius 2 is 0.861 bits per heavy atom. The van der Waals surface area contributed by atoms with Crippen LogP contribution in [0.1, 0.15) is 215 Å². The van der Waals surface area contributed by atoms with E-state index < -0.39 is 20.8 Å². The van der Waals surface area contributed by atoms with Crippen LogP contribution in [0.5, 0.6) is 0 Å². The minimum Gasteiger partial charge on any atom is -0.184 e. The van der Waals surface area contributed by atoms with Crippen LogP contribution in [0.2, 0.25) is 0 Å². The van der Waals surface area contributed by atoms with Crippen molar-refractivity contribution < 1.29 is 20.8 Å². The van der Waals surface area contributed by atoms with Gasteiger partial charge in [0.1, 0.15) is 0 Å². The van der Waals surface area contributed by atoms with Crippen LogP contribution in [0, 0.1) is 6.07 Å². The SMILES string of the molecule is CCC(C)c1cc2c(-c3cc(C(C)C)cc(C(C)C)c3)c(C(C)C)ccc2[cH-]1.CCC(C)c1cc2c(-c3cc(C(C)C)cc(C(C)C)c3)c(C(C)C)ccc2[cH-]1.[Cl][Zr][Cl].[c-]1cccc2c1[Si]c1ccccc1-2. The molecular weight excluding hydrogens is 1010 g/mol. The van der Waals surface area contributed by atoms with E-state index in [0.29, 0.717) is 47.3 Å². The summed E-state index contributed by atoms with van der Waals surface area (Å²) < 4.78 is 0. The van der Waals surface area contributed by atoms with Crippen molar-refractivity contribution >= 4 is 58.5 Å². The van der Waals surface area contributed by atoms with Crippen molar-refractivity contribution in [2.24, 2.45) is 0 Å². The predicted molar refractivity (Wildman–Crippen MR) is 319 cm³/mol. The molecule has 0 nitrogen and oxygen atoms in total. The molecule has 0 spiro atoms. The first-order valence-corrected chi connectivity index (χ1v) is 34.2. The summed E-state index contributed by atoms with van der Waals surface area (Å²) >= 11 is -0.826. The average Bonchev–Trinajstić information content (AvgIpc) is 4.11. The molecule has 0 bridgehead atoms. The largest absolute Gasteiger partial charge is 0.184 e. The monoisotopic (exact) mass is 1090 g/mol. The van der Waals surface area contributed by atoms with Crippen LogP contribution < -0.4 is 10.4 Å². The molecule has 72 heavy (non-hydrogen) atoms. The number of fused-ring (bicyclic) bond motifs is 5. The third-order valence-electron chi connectivity index (χ3n) is 15.0. The van der Waals surface area contributed by atoms with Crippen LogP contribution in [0.4, 0.5) is 0 Å². The first-order valence-electron chi connectivity index (χ1n) is 26.9. The van der Waals surface area contributed by atoms with Gasteiger partial charge in [-0.05, 0) is 80.7 Å². The summed E-state index contributed by atoms with van der Waals surface area (Å²) in [7, 11) is 10.7. The summed E-state index contributed by atoms with van der Waals surface area (Å²) in [5.41, 5.74) is 20.1. The van der Waals surface area contributed by atoms with Gasteiger partial charge in [0.05, 0.1) is 9.52 Å². The first-order chi connectivity index (χ1) is 34.3. The fourth-order valence-corrected chi connectivity index (χ4v) is 11.3. The Balaban J connectivity index is 0.000000181. The molecule has 1 aliphatic rings. The molecule has 0 fully saturated rings. The van der Waals surface area contributed by atoms with Gasteiger partial charge in [0.25, 0.3) is 0 Å². The van der Waals surface area contributed by atoms with Crippen LogP contribution in [0.25, 0.3) is 54.9 Å². The van der Waals surface area contributed by atoms with Crippen LogP contribution in [0.15, 0.2) is 127 Å². The molecule has 2 radical (unpaired) electrons. The molecule has 2 unspecified atom stereocenters. The third-order valence-corrected chi connectivity index (χ3v) is 16.4. The average molecular weight is 1090 g/mol. The van der Waals surface area contributed by atoms with Gasteiger partial charge in [0.2, 0.25) is 0 Å². The van der Waals surface area contributed by atoms with E-state index in [0.717, 1.165) is 9.52 Å². The second-order valence-electron chi connectivity index (χ2n) is 22.2. The zero-order valence-electron chi connectivity index (χ0n) is 46.4. The minimum atomic E-state index is -0.826. The molecule has 0 N–H and O–H groups in total. The van der Waals surface area contributed by atoms with Crippen molar-refractivity contribution in [1.82, 2.24) is 0 Å². The summed E-state index contributed by atoms with van der Waals surface area (Å²) in [4.78, 5) is 0. The zero-order chi connectivity index (χ0) is 52.6. The van der Waals surface area contributed by atoms with Gasteiger partial charge in [0, 0.05) is 0 Å². The molecule has 8 aromatic rings. The summed E-state index contributed by atoms with van der Waals surface area (Å²) in [5.74, 6) is 4.37. The second-order valence-corrected chi connectivity index (χ2v) is 27.2. The number of halogens is 2. The van der Waals surface area contributed by atoms with Gasteiger partial charge in [-0.3, -0.25) is 0 Å². The Morgan fingerprint density at radius 1 is 0.472 bits per heavy atom. The number of hydrogen-bond donors (Lipinski definition) is 0. The Morgan fingerprint density at radius 3 is 1.24 bits per heavy atom. The molecule has 1 heterocycles. The van der Waals surface area contributed by atoms with Crippen LogP contribution >= 0.6 is 17.0 Å².